The smallest absolute Gasteiger partial charge is 0.179 e. The Balaban J connectivity index is 1.99. The molecule has 1 aromatic carbocycles. The van der Waals surface area contributed by atoms with Crippen molar-refractivity contribution in [1.82, 2.24) is 4.90 Å². The zero-order chi connectivity index (χ0) is 16.2. The Labute approximate surface area is 132 Å². The van der Waals surface area contributed by atoms with Crippen LogP contribution in [-0.2, 0) is 9.84 Å². The number of nitriles is 1. The van der Waals surface area contributed by atoms with E-state index in [1.165, 1.54) is 12.1 Å². The van der Waals surface area contributed by atoms with Gasteiger partial charge in [-0.15, -0.1) is 0 Å². The van der Waals surface area contributed by atoms with E-state index < -0.39 is 9.84 Å². The highest BCUT2D eigenvalue weighted by Crippen LogP contribution is 2.20. The Bertz CT molecular complexity index is 650. The van der Waals surface area contributed by atoms with Crippen LogP contribution in [-0.4, -0.2) is 49.9 Å². The third kappa shape index (κ3) is 4.29. The Kier molecular flexibility index (Phi) is 5.57. The van der Waals surface area contributed by atoms with Gasteiger partial charge < -0.3 is 10.0 Å². The molecule has 1 aliphatic rings. The van der Waals surface area contributed by atoms with Gasteiger partial charge in [0.2, 0.25) is 0 Å². The number of piperidine rings is 1. The molecule has 1 aromatic rings. The Morgan fingerprint density at radius 1 is 1.50 bits per heavy atom. The van der Waals surface area contributed by atoms with Crippen LogP contribution < -0.4 is 0 Å². The van der Waals surface area contributed by atoms with Gasteiger partial charge in [-0.25, -0.2) is 8.42 Å². The molecule has 0 aromatic heterocycles. The first-order chi connectivity index (χ1) is 10.4. The van der Waals surface area contributed by atoms with Crippen LogP contribution in [0.2, 0.25) is 0 Å². The normalized spacial score (nSPS) is 21.2. The lowest BCUT2D eigenvalue weighted by atomic mass is 9.93. The van der Waals surface area contributed by atoms with Crippen LogP contribution in [0.25, 0.3) is 0 Å². The second kappa shape index (κ2) is 7.23. The second-order valence-electron chi connectivity index (χ2n) is 5.90. The molecule has 22 heavy (non-hydrogen) atoms. The van der Waals surface area contributed by atoms with Crippen molar-refractivity contribution in [2.24, 2.45) is 5.92 Å². The zero-order valence-corrected chi connectivity index (χ0v) is 13.6. The fraction of sp³-hybridized carbons (Fsp3) is 0.562. The number of aliphatic hydroxyl groups is 1. The summed E-state index contributed by atoms with van der Waals surface area (Å²) in [5, 5.41) is 18.5. The molecule has 1 aliphatic heterocycles. The van der Waals surface area contributed by atoms with Gasteiger partial charge in [0.1, 0.15) is 0 Å². The summed E-state index contributed by atoms with van der Waals surface area (Å²) in [5.74, 6) is 0.257. The fourth-order valence-corrected chi connectivity index (χ4v) is 4.14. The lowest BCUT2D eigenvalue weighted by Crippen LogP contribution is -2.41. The Morgan fingerprint density at radius 2 is 2.27 bits per heavy atom. The summed E-state index contributed by atoms with van der Waals surface area (Å²) in [4.78, 5) is 2.31. The van der Waals surface area contributed by atoms with Gasteiger partial charge in [-0.3, -0.25) is 0 Å². The number of benzene rings is 1. The largest absolute Gasteiger partial charge is 0.393 e. The van der Waals surface area contributed by atoms with Crippen LogP contribution in [0, 0.1) is 17.2 Å². The van der Waals surface area contributed by atoms with Crippen LogP contribution >= 0.6 is 0 Å². The van der Waals surface area contributed by atoms with Crippen molar-refractivity contribution in [3.8, 4) is 6.07 Å². The number of hydrogen-bond donors (Lipinski definition) is 1. The summed E-state index contributed by atoms with van der Waals surface area (Å²) in [7, 11) is -3.39. The van der Waals surface area contributed by atoms with E-state index >= 15 is 0 Å². The first-order valence-corrected chi connectivity index (χ1v) is 9.21. The molecule has 0 amide bonds. The average Bonchev–Trinajstić information content (AvgIpc) is 2.53. The summed E-state index contributed by atoms with van der Waals surface area (Å²) in [5.41, 5.74) is 0.355. The molecule has 120 valence electrons. The van der Waals surface area contributed by atoms with Gasteiger partial charge in [-0.1, -0.05) is 6.07 Å². The van der Waals surface area contributed by atoms with Crippen LogP contribution in [0.3, 0.4) is 0 Å². The topological polar surface area (TPSA) is 81.4 Å². The lowest BCUT2D eigenvalue weighted by molar-refractivity contribution is 0.0654. The summed E-state index contributed by atoms with van der Waals surface area (Å²) in [6, 6.07) is 8.10. The first kappa shape index (κ1) is 16.9. The number of rotatable bonds is 5. The van der Waals surface area contributed by atoms with E-state index in [1.807, 2.05) is 6.07 Å². The minimum atomic E-state index is -3.39. The van der Waals surface area contributed by atoms with Crippen LogP contribution in [0.4, 0.5) is 0 Å². The zero-order valence-electron chi connectivity index (χ0n) is 12.8. The maximum absolute atomic E-state index is 12.4. The molecule has 0 saturated carbocycles. The molecule has 0 radical (unpaired) electrons. The third-order valence-corrected chi connectivity index (χ3v) is 5.91. The van der Waals surface area contributed by atoms with Gasteiger partial charge >= 0.3 is 0 Å². The molecule has 2 rings (SSSR count). The summed E-state index contributed by atoms with van der Waals surface area (Å²) < 4.78 is 24.7. The van der Waals surface area contributed by atoms with Gasteiger partial charge in [0.05, 0.1) is 28.4 Å². The molecule has 1 heterocycles. The number of sulfone groups is 1. The summed E-state index contributed by atoms with van der Waals surface area (Å²) in [6.45, 7) is 3.86. The minimum absolute atomic E-state index is 0.0361. The highest BCUT2D eigenvalue weighted by atomic mass is 32.2. The van der Waals surface area contributed by atoms with Crippen LogP contribution in [0.1, 0.15) is 25.3 Å². The van der Waals surface area contributed by atoms with Crippen molar-refractivity contribution >= 4 is 9.84 Å². The van der Waals surface area contributed by atoms with Crippen LogP contribution in [0.15, 0.2) is 29.2 Å². The van der Waals surface area contributed by atoms with Gasteiger partial charge in [-0.2, -0.15) is 5.26 Å². The minimum Gasteiger partial charge on any atom is -0.393 e. The molecule has 5 nitrogen and oxygen atoms in total. The number of likely N-dealkylation sites (tertiary alicyclic amines) is 1. The molecule has 1 saturated heterocycles. The molecule has 1 N–H and O–H groups in total. The number of nitrogens with zero attached hydrogens (tertiary/aromatic N) is 2. The molecule has 6 heteroatoms. The van der Waals surface area contributed by atoms with Gasteiger partial charge in [0.25, 0.3) is 0 Å². The quantitative estimate of drug-likeness (QED) is 0.887. The first-order valence-electron chi connectivity index (χ1n) is 7.56. The van der Waals surface area contributed by atoms with Crippen molar-refractivity contribution in [2.45, 2.75) is 30.8 Å². The van der Waals surface area contributed by atoms with E-state index in [1.54, 1.807) is 19.1 Å². The van der Waals surface area contributed by atoms with Crippen molar-refractivity contribution in [3.05, 3.63) is 29.8 Å². The lowest BCUT2D eigenvalue weighted by Gasteiger charge is -2.34. The molecule has 2 atom stereocenters. The van der Waals surface area contributed by atoms with Gasteiger partial charge in [0.15, 0.2) is 9.84 Å². The molecule has 0 spiro atoms. The number of hydrogen-bond acceptors (Lipinski definition) is 5. The highest BCUT2D eigenvalue weighted by Gasteiger charge is 2.25. The third-order valence-electron chi connectivity index (χ3n) is 4.22. The highest BCUT2D eigenvalue weighted by molar-refractivity contribution is 7.91. The monoisotopic (exact) mass is 322 g/mol. The Hall–Kier alpha value is -1.42. The van der Waals surface area contributed by atoms with E-state index in [0.717, 1.165) is 25.9 Å². The van der Waals surface area contributed by atoms with Crippen molar-refractivity contribution in [2.75, 3.05) is 25.4 Å². The molecule has 2 unspecified atom stereocenters. The van der Waals surface area contributed by atoms with Gasteiger partial charge in [0, 0.05) is 13.1 Å². The predicted molar refractivity (Wildman–Crippen MR) is 84.1 cm³/mol. The maximum Gasteiger partial charge on any atom is 0.179 e. The molecule has 0 aliphatic carbocycles. The van der Waals surface area contributed by atoms with E-state index in [-0.39, 0.29) is 22.7 Å². The molecule has 1 fully saturated rings. The SMILES string of the molecule is CC(O)C1CCCN(CCS(=O)(=O)c2cccc(C#N)c2)C1. The van der Waals surface area contributed by atoms with E-state index in [4.69, 9.17) is 5.26 Å². The van der Waals surface area contributed by atoms with Crippen molar-refractivity contribution in [3.63, 3.8) is 0 Å². The van der Waals surface area contributed by atoms with Crippen LogP contribution in [0.5, 0.6) is 0 Å². The molecular formula is C16H22N2O3S. The van der Waals surface area contributed by atoms with Crippen molar-refractivity contribution in [1.29, 1.82) is 5.26 Å². The standard InChI is InChI=1S/C16H22N2O3S/c1-13(19)15-5-3-7-18(12-15)8-9-22(20,21)16-6-2-4-14(10-16)11-17/h2,4,6,10,13,15,19H,3,5,7-9,12H2,1H3. The number of aliphatic hydroxyl groups excluding tert-OH is 1. The molecule has 0 bridgehead atoms. The van der Waals surface area contributed by atoms with E-state index in [0.29, 0.717) is 12.1 Å². The Morgan fingerprint density at radius 3 is 2.95 bits per heavy atom. The predicted octanol–water partition coefficient (Wildman–Crippen LogP) is 1.42. The summed E-state index contributed by atoms with van der Waals surface area (Å²) in [6.07, 6.45) is 1.62. The molecular weight excluding hydrogens is 300 g/mol. The van der Waals surface area contributed by atoms with E-state index in [2.05, 4.69) is 4.90 Å². The fourth-order valence-electron chi connectivity index (χ4n) is 2.81. The second-order valence-corrected chi connectivity index (χ2v) is 8.01. The van der Waals surface area contributed by atoms with Gasteiger partial charge in [-0.05, 0) is 50.4 Å². The summed E-state index contributed by atoms with van der Waals surface area (Å²) >= 11 is 0. The maximum atomic E-state index is 12.4. The van der Waals surface area contributed by atoms with E-state index in [9.17, 15) is 13.5 Å². The van der Waals surface area contributed by atoms with Crippen molar-refractivity contribution < 1.29 is 13.5 Å². The average molecular weight is 322 g/mol.